The van der Waals surface area contributed by atoms with E-state index in [2.05, 4.69) is 16.7 Å². The van der Waals surface area contributed by atoms with E-state index >= 15 is 0 Å². The summed E-state index contributed by atoms with van der Waals surface area (Å²) in [6.07, 6.45) is 1.97. The van der Waals surface area contributed by atoms with Crippen LogP contribution in [0.5, 0.6) is 0 Å². The van der Waals surface area contributed by atoms with Gasteiger partial charge >= 0.3 is 6.03 Å². The Hall–Kier alpha value is -1.75. The van der Waals surface area contributed by atoms with Crippen LogP contribution in [0, 0.1) is 0 Å². The number of carbonyl (C=O) groups is 1. The number of carbonyl (C=O) groups excluding carboxylic acids is 1. The smallest absolute Gasteiger partial charge is 0.319 e. The maximum Gasteiger partial charge on any atom is 0.319 e. The summed E-state index contributed by atoms with van der Waals surface area (Å²) in [5.74, 6) is 0. The molecule has 0 fully saturated rings. The van der Waals surface area contributed by atoms with Gasteiger partial charge in [-0.3, -0.25) is 0 Å². The summed E-state index contributed by atoms with van der Waals surface area (Å²) in [5.41, 5.74) is 2.02. The fraction of sp³-hybridized carbons (Fsp3) is 0.278. The highest BCUT2D eigenvalue weighted by Crippen LogP contribution is 2.28. The Morgan fingerprint density at radius 1 is 1.12 bits per heavy atom. The van der Waals surface area contributed by atoms with Gasteiger partial charge in [0.05, 0.1) is 15.6 Å². The number of benzene rings is 2. The van der Waals surface area contributed by atoms with Crippen LogP contribution in [0.2, 0.25) is 10.0 Å². The van der Waals surface area contributed by atoms with Crippen LogP contribution in [0.25, 0.3) is 0 Å². The van der Waals surface area contributed by atoms with Gasteiger partial charge in [0.15, 0.2) is 0 Å². The van der Waals surface area contributed by atoms with Crippen molar-refractivity contribution in [1.29, 1.82) is 0 Å². The maximum atomic E-state index is 12.0. The van der Waals surface area contributed by atoms with Crippen LogP contribution in [0.1, 0.15) is 17.5 Å². The minimum Gasteiger partial charge on any atom is -0.388 e. The highest BCUT2D eigenvalue weighted by atomic mass is 35.5. The number of aryl methyl sites for hydroxylation is 1. The largest absolute Gasteiger partial charge is 0.388 e. The summed E-state index contributed by atoms with van der Waals surface area (Å²) in [7, 11) is 0. The first kappa shape index (κ1) is 17.1. The van der Waals surface area contributed by atoms with Gasteiger partial charge in [0.2, 0.25) is 0 Å². The molecule has 0 bridgehead atoms. The van der Waals surface area contributed by atoms with E-state index in [1.165, 1.54) is 5.56 Å². The summed E-state index contributed by atoms with van der Waals surface area (Å²) < 4.78 is 0. The Labute approximate surface area is 150 Å². The molecule has 0 radical (unpaired) electrons. The van der Waals surface area contributed by atoms with Crippen molar-refractivity contribution in [1.82, 2.24) is 5.32 Å². The summed E-state index contributed by atoms with van der Waals surface area (Å²) in [6.45, 7) is 0.189. The first-order valence-corrected chi connectivity index (χ1v) is 8.50. The van der Waals surface area contributed by atoms with E-state index in [0.717, 1.165) is 12.0 Å². The lowest BCUT2D eigenvalue weighted by atomic mass is 9.80. The van der Waals surface area contributed by atoms with E-state index in [-0.39, 0.29) is 12.6 Å². The lowest BCUT2D eigenvalue weighted by molar-refractivity contribution is 0.0295. The van der Waals surface area contributed by atoms with Gasteiger partial charge in [-0.15, -0.1) is 0 Å². The minimum absolute atomic E-state index is 0.189. The molecule has 2 amide bonds. The highest BCUT2D eigenvalue weighted by Gasteiger charge is 2.32. The average Bonchev–Trinajstić information content (AvgIpc) is 2.56. The molecule has 0 spiro atoms. The van der Waals surface area contributed by atoms with E-state index in [1.54, 1.807) is 18.2 Å². The lowest BCUT2D eigenvalue weighted by Crippen LogP contribution is -2.47. The molecule has 1 aliphatic rings. The maximum absolute atomic E-state index is 12.0. The second-order valence-electron chi connectivity index (χ2n) is 6.11. The zero-order valence-electron chi connectivity index (χ0n) is 13.0. The van der Waals surface area contributed by atoms with Crippen molar-refractivity contribution < 1.29 is 9.90 Å². The molecule has 126 valence electrons. The second-order valence-corrected chi connectivity index (χ2v) is 6.92. The molecular formula is C18H18Cl2N2O2. The molecule has 0 saturated carbocycles. The molecule has 3 N–H and O–H groups in total. The first-order valence-electron chi connectivity index (χ1n) is 7.74. The third kappa shape index (κ3) is 4.01. The molecule has 0 aliphatic heterocycles. The van der Waals surface area contributed by atoms with Gasteiger partial charge in [-0.25, -0.2) is 4.79 Å². The molecule has 3 rings (SSSR count). The quantitative estimate of drug-likeness (QED) is 0.769. The predicted molar refractivity (Wildman–Crippen MR) is 96.9 cm³/mol. The lowest BCUT2D eigenvalue weighted by Gasteiger charge is -2.33. The Kier molecular flexibility index (Phi) is 4.99. The van der Waals surface area contributed by atoms with Gasteiger partial charge in [0.1, 0.15) is 0 Å². The van der Waals surface area contributed by atoms with Crippen LogP contribution in [0.3, 0.4) is 0 Å². The number of urea groups is 1. The van der Waals surface area contributed by atoms with Crippen LogP contribution in [-0.2, 0) is 12.8 Å². The van der Waals surface area contributed by atoms with Crippen molar-refractivity contribution in [3.63, 3.8) is 0 Å². The zero-order valence-corrected chi connectivity index (χ0v) is 14.5. The zero-order chi connectivity index (χ0) is 17.2. The van der Waals surface area contributed by atoms with Gasteiger partial charge in [-0.1, -0.05) is 47.5 Å². The monoisotopic (exact) mass is 364 g/mol. The van der Waals surface area contributed by atoms with Gasteiger partial charge in [0, 0.05) is 18.7 Å². The highest BCUT2D eigenvalue weighted by molar-refractivity contribution is 6.42. The first-order chi connectivity index (χ1) is 11.5. The molecule has 0 heterocycles. The number of fused-ring (bicyclic) bond motifs is 1. The van der Waals surface area contributed by atoms with Crippen LogP contribution in [0.4, 0.5) is 10.5 Å². The number of hydrogen-bond acceptors (Lipinski definition) is 2. The van der Waals surface area contributed by atoms with Gasteiger partial charge in [0.25, 0.3) is 0 Å². The molecule has 24 heavy (non-hydrogen) atoms. The molecule has 1 aliphatic carbocycles. The van der Waals surface area contributed by atoms with E-state index in [9.17, 15) is 9.90 Å². The normalized spacial score (nSPS) is 19.5. The summed E-state index contributed by atoms with van der Waals surface area (Å²) in [6, 6.07) is 12.6. The van der Waals surface area contributed by atoms with E-state index in [0.29, 0.717) is 28.6 Å². The van der Waals surface area contributed by atoms with Gasteiger partial charge in [-0.2, -0.15) is 0 Å². The number of anilines is 1. The molecule has 4 nitrogen and oxygen atoms in total. The topological polar surface area (TPSA) is 61.4 Å². The van der Waals surface area contributed by atoms with Crippen LogP contribution >= 0.6 is 23.2 Å². The summed E-state index contributed by atoms with van der Waals surface area (Å²) in [5, 5.41) is 16.9. The molecule has 2 aromatic rings. The van der Waals surface area contributed by atoms with Crippen molar-refractivity contribution in [2.45, 2.75) is 24.9 Å². The predicted octanol–water partition coefficient (Wildman–Crippen LogP) is 4.03. The Morgan fingerprint density at radius 2 is 1.88 bits per heavy atom. The third-order valence-corrected chi connectivity index (χ3v) is 4.99. The Bertz CT molecular complexity index is 766. The second kappa shape index (κ2) is 7.01. The molecule has 1 atom stereocenters. The summed E-state index contributed by atoms with van der Waals surface area (Å²) >= 11 is 11.8. The number of amides is 2. The Morgan fingerprint density at radius 3 is 2.62 bits per heavy atom. The van der Waals surface area contributed by atoms with Crippen molar-refractivity contribution in [2.75, 3.05) is 11.9 Å². The molecule has 2 aromatic carbocycles. The number of rotatable bonds is 3. The van der Waals surface area contributed by atoms with E-state index in [1.807, 2.05) is 18.2 Å². The third-order valence-electron chi connectivity index (χ3n) is 4.25. The molecule has 0 aromatic heterocycles. The number of aliphatic hydroxyl groups is 1. The number of hydrogen-bond donors (Lipinski definition) is 3. The van der Waals surface area contributed by atoms with Crippen molar-refractivity contribution in [3.05, 3.63) is 63.6 Å². The van der Waals surface area contributed by atoms with E-state index < -0.39 is 5.60 Å². The number of halogens is 2. The van der Waals surface area contributed by atoms with Crippen molar-refractivity contribution in [2.24, 2.45) is 0 Å². The van der Waals surface area contributed by atoms with Gasteiger partial charge < -0.3 is 15.7 Å². The fourth-order valence-corrected chi connectivity index (χ4v) is 3.23. The van der Waals surface area contributed by atoms with Crippen LogP contribution in [-0.4, -0.2) is 23.3 Å². The summed E-state index contributed by atoms with van der Waals surface area (Å²) in [4.78, 5) is 12.0. The molecule has 6 heteroatoms. The Balaban J connectivity index is 1.57. The average molecular weight is 365 g/mol. The van der Waals surface area contributed by atoms with Crippen LogP contribution in [0.15, 0.2) is 42.5 Å². The molecule has 1 unspecified atom stereocenters. The van der Waals surface area contributed by atoms with Crippen molar-refractivity contribution in [3.8, 4) is 0 Å². The SMILES string of the molecule is O=C(NCC1(O)CCc2ccccc2C1)Nc1ccc(Cl)c(Cl)c1. The van der Waals surface area contributed by atoms with Crippen molar-refractivity contribution >= 4 is 34.9 Å². The minimum atomic E-state index is -0.927. The standard InChI is InChI=1S/C18H18Cl2N2O2/c19-15-6-5-14(9-16(15)20)22-17(23)21-11-18(24)8-7-12-3-1-2-4-13(12)10-18/h1-6,9,24H,7-8,10-11H2,(H2,21,22,23). The molecule has 0 saturated heterocycles. The van der Waals surface area contributed by atoms with E-state index in [4.69, 9.17) is 23.2 Å². The van der Waals surface area contributed by atoms with Crippen LogP contribution < -0.4 is 10.6 Å². The fourth-order valence-electron chi connectivity index (χ4n) is 2.93. The number of nitrogens with one attached hydrogen (secondary N) is 2. The van der Waals surface area contributed by atoms with Gasteiger partial charge in [-0.05, 0) is 42.2 Å². The molecular weight excluding hydrogens is 347 g/mol.